The minimum atomic E-state index is -0.228. The van der Waals surface area contributed by atoms with Gasteiger partial charge in [0.15, 0.2) is 7.98 Å². The first-order valence-corrected chi connectivity index (χ1v) is 7.96. The predicted molar refractivity (Wildman–Crippen MR) is 87.9 cm³/mol. The summed E-state index contributed by atoms with van der Waals surface area (Å²) < 4.78 is 13.6. The molecule has 0 unspecified atom stereocenters. The van der Waals surface area contributed by atoms with E-state index in [2.05, 4.69) is 29.9 Å². The van der Waals surface area contributed by atoms with Gasteiger partial charge in [-0.1, -0.05) is 6.07 Å². The fraction of sp³-hybridized carbons (Fsp3) is 0.412. The normalized spacial score (nSPS) is 16.8. The van der Waals surface area contributed by atoms with Crippen molar-refractivity contribution in [2.24, 2.45) is 0 Å². The van der Waals surface area contributed by atoms with Crippen LogP contribution in [0.1, 0.15) is 35.8 Å². The molecule has 3 nitrogen and oxygen atoms in total. The molecule has 1 saturated heterocycles. The van der Waals surface area contributed by atoms with Crippen LogP contribution in [0.3, 0.4) is 0 Å². The largest absolute Gasteiger partial charge is 0.349 e. The van der Waals surface area contributed by atoms with Crippen LogP contribution in [0.4, 0.5) is 4.39 Å². The first-order chi connectivity index (χ1) is 10.7. The van der Waals surface area contributed by atoms with Gasteiger partial charge in [-0.15, -0.1) is 0 Å². The van der Waals surface area contributed by atoms with Crippen molar-refractivity contribution >= 4 is 7.98 Å². The molecule has 0 aromatic carbocycles. The topological polar surface area (TPSA) is 29.0 Å². The summed E-state index contributed by atoms with van der Waals surface area (Å²) >= 11 is 0. The number of aryl methyl sites for hydroxylation is 2. The third-order valence-electron chi connectivity index (χ3n) is 4.42. The van der Waals surface area contributed by atoms with Crippen molar-refractivity contribution in [1.82, 2.24) is 14.8 Å². The Morgan fingerprint density at radius 1 is 1.14 bits per heavy atom. The Morgan fingerprint density at radius 3 is 2.73 bits per heavy atom. The zero-order chi connectivity index (χ0) is 15.4. The van der Waals surface area contributed by atoms with Crippen molar-refractivity contribution in [2.75, 3.05) is 13.1 Å². The van der Waals surface area contributed by atoms with Crippen LogP contribution in [0.15, 0.2) is 36.5 Å². The summed E-state index contributed by atoms with van der Waals surface area (Å²) in [5.41, 5.74) is 2.74. The molecule has 3 rings (SSSR count). The summed E-state index contributed by atoms with van der Waals surface area (Å²) in [6.07, 6.45) is 5.30. The first kappa shape index (κ1) is 15.2. The quantitative estimate of drug-likeness (QED) is 0.810. The van der Waals surface area contributed by atoms with E-state index < -0.39 is 0 Å². The van der Waals surface area contributed by atoms with Crippen molar-refractivity contribution in [3.8, 4) is 0 Å². The summed E-state index contributed by atoms with van der Waals surface area (Å²) in [7, 11) is 2.17. The van der Waals surface area contributed by atoms with Crippen LogP contribution in [-0.4, -0.2) is 35.8 Å². The van der Waals surface area contributed by atoms with Gasteiger partial charge < -0.3 is 4.81 Å². The summed E-state index contributed by atoms with van der Waals surface area (Å²) in [5.74, 6) is 0.330. The molecular formula is C17H21BFN3. The van der Waals surface area contributed by atoms with E-state index in [4.69, 9.17) is 4.98 Å². The zero-order valence-electron chi connectivity index (χ0n) is 13.0. The second-order valence-electron chi connectivity index (χ2n) is 6.06. The third-order valence-corrected chi connectivity index (χ3v) is 4.42. The molecule has 0 N–H and O–H groups in total. The highest BCUT2D eigenvalue weighted by molar-refractivity contribution is 6.04. The minimum absolute atomic E-state index is 0.228. The number of rotatable bonds is 4. The molecule has 0 radical (unpaired) electrons. The number of piperidine rings is 1. The van der Waals surface area contributed by atoms with Crippen LogP contribution in [0.5, 0.6) is 0 Å². The van der Waals surface area contributed by atoms with Gasteiger partial charge in [0.05, 0.1) is 5.69 Å². The van der Waals surface area contributed by atoms with Crippen molar-refractivity contribution in [1.29, 1.82) is 0 Å². The van der Waals surface area contributed by atoms with Crippen LogP contribution in [0.25, 0.3) is 0 Å². The molecule has 0 saturated carbocycles. The highest BCUT2D eigenvalue weighted by atomic mass is 19.1. The highest BCUT2D eigenvalue weighted by Crippen LogP contribution is 2.26. The Morgan fingerprint density at radius 2 is 1.95 bits per heavy atom. The molecule has 5 heteroatoms. The summed E-state index contributed by atoms with van der Waals surface area (Å²) in [5, 5.41) is 0. The molecule has 0 spiro atoms. The molecule has 2 aromatic rings. The van der Waals surface area contributed by atoms with E-state index in [-0.39, 0.29) is 5.82 Å². The van der Waals surface area contributed by atoms with E-state index in [1.54, 1.807) is 12.3 Å². The molecule has 1 aliphatic heterocycles. The molecule has 114 valence electrons. The zero-order valence-corrected chi connectivity index (χ0v) is 13.0. The standard InChI is InChI=1S/C17H21BFN3/c18-22-11-8-13(9-12-22)16-5-1-3-14(21-16)6-7-17-15(19)4-2-10-20-17/h1-5,10,13H,6-9,11-12,18H2. The molecule has 2 aromatic heterocycles. The molecule has 1 fully saturated rings. The average Bonchev–Trinajstić information content (AvgIpc) is 2.55. The third kappa shape index (κ3) is 3.71. The van der Waals surface area contributed by atoms with Gasteiger partial charge >= 0.3 is 0 Å². The lowest BCUT2D eigenvalue weighted by atomic mass is 9.91. The van der Waals surface area contributed by atoms with Gasteiger partial charge in [0.1, 0.15) is 5.82 Å². The lowest BCUT2D eigenvalue weighted by Crippen LogP contribution is -2.30. The minimum Gasteiger partial charge on any atom is -0.349 e. The van der Waals surface area contributed by atoms with E-state index in [1.165, 1.54) is 24.6 Å². The van der Waals surface area contributed by atoms with E-state index in [1.807, 2.05) is 6.07 Å². The first-order valence-electron chi connectivity index (χ1n) is 7.96. The van der Waals surface area contributed by atoms with Crippen LogP contribution in [-0.2, 0) is 12.8 Å². The van der Waals surface area contributed by atoms with Crippen LogP contribution in [0, 0.1) is 5.82 Å². The smallest absolute Gasteiger partial charge is 0.185 e. The molecule has 22 heavy (non-hydrogen) atoms. The van der Waals surface area contributed by atoms with Crippen LogP contribution >= 0.6 is 0 Å². The van der Waals surface area contributed by atoms with Gasteiger partial charge in [0, 0.05) is 23.5 Å². The van der Waals surface area contributed by atoms with E-state index >= 15 is 0 Å². The summed E-state index contributed by atoms with van der Waals surface area (Å²) in [6, 6.07) is 9.31. The van der Waals surface area contributed by atoms with Gasteiger partial charge in [0.2, 0.25) is 0 Å². The van der Waals surface area contributed by atoms with E-state index in [0.29, 0.717) is 18.0 Å². The van der Waals surface area contributed by atoms with Gasteiger partial charge in [-0.25, -0.2) is 4.39 Å². The van der Waals surface area contributed by atoms with Gasteiger partial charge in [-0.2, -0.15) is 0 Å². The lowest BCUT2D eigenvalue weighted by Gasteiger charge is -2.29. The number of hydrogen-bond donors (Lipinski definition) is 0. The average molecular weight is 297 g/mol. The Labute approximate surface area is 132 Å². The number of hydrogen-bond acceptors (Lipinski definition) is 3. The predicted octanol–water partition coefficient (Wildman–Crippen LogP) is 2.13. The van der Waals surface area contributed by atoms with Gasteiger partial charge in [-0.3, -0.25) is 9.97 Å². The van der Waals surface area contributed by atoms with Crippen molar-refractivity contribution < 1.29 is 4.39 Å². The maximum atomic E-state index is 13.6. The molecule has 1 aliphatic rings. The van der Waals surface area contributed by atoms with E-state index in [0.717, 1.165) is 25.2 Å². The van der Waals surface area contributed by atoms with Gasteiger partial charge in [0.25, 0.3) is 0 Å². The SMILES string of the molecule is BN1CCC(c2cccc(CCc3ncccc3F)n2)CC1. The van der Waals surface area contributed by atoms with Crippen LogP contribution < -0.4 is 0 Å². The number of pyridine rings is 2. The number of aromatic nitrogens is 2. The monoisotopic (exact) mass is 297 g/mol. The molecule has 0 amide bonds. The van der Waals surface area contributed by atoms with Crippen molar-refractivity contribution in [3.05, 3.63) is 59.4 Å². The Bertz CT molecular complexity index is 627. The fourth-order valence-corrected chi connectivity index (χ4v) is 3.02. The maximum Gasteiger partial charge on any atom is 0.185 e. The fourth-order valence-electron chi connectivity index (χ4n) is 3.02. The number of halogens is 1. The van der Waals surface area contributed by atoms with Crippen LogP contribution in [0.2, 0.25) is 0 Å². The second-order valence-corrected chi connectivity index (χ2v) is 6.06. The Hall–Kier alpha value is -1.75. The summed E-state index contributed by atoms with van der Waals surface area (Å²) in [6.45, 7) is 2.27. The van der Waals surface area contributed by atoms with Crippen molar-refractivity contribution in [3.63, 3.8) is 0 Å². The molecule has 0 aliphatic carbocycles. The Balaban J connectivity index is 1.65. The second kappa shape index (κ2) is 7.01. The van der Waals surface area contributed by atoms with E-state index in [9.17, 15) is 4.39 Å². The van der Waals surface area contributed by atoms with Crippen molar-refractivity contribution in [2.45, 2.75) is 31.6 Å². The van der Waals surface area contributed by atoms with Gasteiger partial charge in [-0.05, 0) is 63.0 Å². The Kier molecular flexibility index (Phi) is 4.83. The lowest BCUT2D eigenvalue weighted by molar-refractivity contribution is 0.331. The summed E-state index contributed by atoms with van der Waals surface area (Å²) in [4.78, 5) is 11.3. The maximum absolute atomic E-state index is 13.6. The molecule has 0 bridgehead atoms. The molecule has 0 atom stereocenters. The molecular weight excluding hydrogens is 276 g/mol. The number of nitrogens with zero attached hydrogens (tertiary/aromatic N) is 3. The highest BCUT2D eigenvalue weighted by Gasteiger charge is 2.19. The molecule has 3 heterocycles.